The van der Waals surface area contributed by atoms with E-state index in [1.807, 2.05) is 31.2 Å². The average Bonchev–Trinajstić information content (AvgIpc) is 2.20. The quantitative estimate of drug-likeness (QED) is 0.806. The van der Waals surface area contributed by atoms with E-state index in [4.69, 9.17) is 0 Å². The summed E-state index contributed by atoms with van der Waals surface area (Å²) in [5.41, 5.74) is 2.64. The molecule has 82 valence electrons. The summed E-state index contributed by atoms with van der Waals surface area (Å²) < 4.78 is 0. The maximum Gasteiger partial charge on any atom is 0.252 e. The zero-order valence-corrected chi connectivity index (χ0v) is 9.24. The van der Waals surface area contributed by atoms with Crippen molar-refractivity contribution in [3.63, 3.8) is 0 Å². The first-order chi connectivity index (χ1) is 7.63. The highest BCUT2D eigenvalue weighted by Crippen LogP contribution is 2.12. The molecule has 1 heterocycles. The molecule has 4 nitrogen and oxygen atoms in total. The Morgan fingerprint density at radius 3 is 2.50 bits per heavy atom. The number of hydrogen-bond acceptors (Lipinski definition) is 3. The SMILES string of the molecule is Cc1ccc(Nc2nc(C)cc(=O)[nH]2)cc1. The van der Waals surface area contributed by atoms with Gasteiger partial charge in [-0.1, -0.05) is 17.7 Å². The number of rotatable bonds is 2. The molecule has 0 spiro atoms. The molecular weight excluding hydrogens is 202 g/mol. The monoisotopic (exact) mass is 215 g/mol. The van der Waals surface area contributed by atoms with Gasteiger partial charge in [0.15, 0.2) is 0 Å². The molecule has 0 aliphatic heterocycles. The Hall–Kier alpha value is -2.10. The van der Waals surface area contributed by atoms with Gasteiger partial charge in [-0.05, 0) is 26.0 Å². The average molecular weight is 215 g/mol. The van der Waals surface area contributed by atoms with E-state index in [1.165, 1.54) is 11.6 Å². The molecule has 0 saturated carbocycles. The van der Waals surface area contributed by atoms with Gasteiger partial charge in [-0.3, -0.25) is 9.78 Å². The largest absolute Gasteiger partial charge is 0.326 e. The molecule has 0 bridgehead atoms. The van der Waals surface area contributed by atoms with E-state index >= 15 is 0 Å². The van der Waals surface area contributed by atoms with Gasteiger partial charge in [-0.2, -0.15) is 0 Å². The Morgan fingerprint density at radius 2 is 1.88 bits per heavy atom. The highest BCUT2D eigenvalue weighted by atomic mass is 16.1. The number of nitrogens with zero attached hydrogens (tertiary/aromatic N) is 1. The van der Waals surface area contributed by atoms with Crippen LogP contribution in [0.5, 0.6) is 0 Å². The van der Waals surface area contributed by atoms with Gasteiger partial charge in [-0.15, -0.1) is 0 Å². The Balaban J connectivity index is 2.26. The third-order valence-electron chi connectivity index (χ3n) is 2.18. The Bertz CT molecular complexity index is 543. The maximum absolute atomic E-state index is 11.2. The summed E-state index contributed by atoms with van der Waals surface area (Å²) in [4.78, 5) is 18.0. The molecule has 2 aromatic rings. The molecular formula is C12H13N3O. The Labute approximate surface area is 93.4 Å². The predicted molar refractivity (Wildman–Crippen MR) is 64.1 cm³/mol. The zero-order valence-electron chi connectivity index (χ0n) is 9.24. The van der Waals surface area contributed by atoms with Gasteiger partial charge in [0.25, 0.3) is 5.56 Å². The van der Waals surface area contributed by atoms with Gasteiger partial charge in [0.05, 0.1) is 0 Å². The van der Waals surface area contributed by atoms with E-state index in [-0.39, 0.29) is 5.56 Å². The van der Waals surface area contributed by atoms with Crippen LogP contribution in [0.1, 0.15) is 11.3 Å². The van der Waals surface area contributed by atoms with E-state index in [2.05, 4.69) is 15.3 Å². The molecule has 0 amide bonds. The number of aryl methyl sites for hydroxylation is 2. The molecule has 2 N–H and O–H groups in total. The molecule has 2 rings (SSSR count). The Kier molecular flexibility index (Phi) is 2.72. The zero-order chi connectivity index (χ0) is 11.5. The van der Waals surface area contributed by atoms with Crippen molar-refractivity contribution < 1.29 is 0 Å². The van der Waals surface area contributed by atoms with E-state index in [0.29, 0.717) is 11.6 Å². The van der Waals surface area contributed by atoms with E-state index in [1.54, 1.807) is 6.92 Å². The standard InChI is InChI=1S/C12H13N3O/c1-8-3-5-10(6-4-8)14-12-13-9(2)7-11(16)15-12/h3-7H,1-2H3,(H2,13,14,15,16). The van der Waals surface area contributed by atoms with Crippen LogP contribution in [0.25, 0.3) is 0 Å². The number of anilines is 2. The van der Waals surface area contributed by atoms with Crippen LogP contribution in [-0.2, 0) is 0 Å². The fourth-order valence-corrected chi connectivity index (χ4v) is 1.41. The lowest BCUT2D eigenvalue weighted by molar-refractivity contribution is 1.07. The summed E-state index contributed by atoms with van der Waals surface area (Å²) in [7, 11) is 0. The van der Waals surface area contributed by atoms with Crippen LogP contribution in [-0.4, -0.2) is 9.97 Å². The number of nitrogens with one attached hydrogen (secondary N) is 2. The van der Waals surface area contributed by atoms with Crippen molar-refractivity contribution in [3.8, 4) is 0 Å². The first kappa shape index (κ1) is 10.4. The molecule has 0 atom stereocenters. The van der Waals surface area contributed by atoms with Crippen LogP contribution < -0.4 is 10.9 Å². The number of benzene rings is 1. The molecule has 4 heteroatoms. The minimum atomic E-state index is -0.151. The van der Waals surface area contributed by atoms with E-state index < -0.39 is 0 Å². The highest BCUT2D eigenvalue weighted by molar-refractivity contribution is 5.53. The van der Waals surface area contributed by atoms with Crippen molar-refractivity contribution >= 4 is 11.6 Å². The lowest BCUT2D eigenvalue weighted by Crippen LogP contribution is -2.10. The fraction of sp³-hybridized carbons (Fsp3) is 0.167. The van der Waals surface area contributed by atoms with Crippen LogP contribution in [0.2, 0.25) is 0 Å². The number of hydrogen-bond donors (Lipinski definition) is 2. The summed E-state index contributed by atoms with van der Waals surface area (Å²) in [6, 6.07) is 9.34. The molecule has 0 fully saturated rings. The molecule has 1 aromatic carbocycles. The van der Waals surface area contributed by atoms with Gasteiger partial charge >= 0.3 is 0 Å². The number of aromatic amines is 1. The third-order valence-corrected chi connectivity index (χ3v) is 2.18. The van der Waals surface area contributed by atoms with Crippen molar-refractivity contribution in [3.05, 3.63) is 51.9 Å². The third kappa shape index (κ3) is 2.48. The predicted octanol–water partition coefficient (Wildman–Crippen LogP) is 2.13. The fourth-order valence-electron chi connectivity index (χ4n) is 1.41. The minimum absolute atomic E-state index is 0.151. The van der Waals surface area contributed by atoms with E-state index in [9.17, 15) is 4.79 Å². The van der Waals surface area contributed by atoms with Crippen LogP contribution >= 0.6 is 0 Å². The van der Waals surface area contributed by atoms with Crippen molar-refractivity contribution in [2.75, 3.05) is 5.32 Å². The summed E-state index contributed by atoms with van der Waals surface area (Å²) in [6.45, 7) is 3.81. The number of aromatic nitrogens is 2. The second-order valence-corrected chi connectivity index (χ2v) is 3.73. The van der Waals surface area contributed by atoms with Crippen LogP contribution in [0.15, 0.2) is 35.1 Å². The minimum Gasteiger partial charge on any atom is -0.326 e. The van der Waals surface area contributed by atoms with Gasteiger partial charge in [0.2, 0.25) is 5.95 Å². The molecule has 0 aliphatic rings. The molecule has 0 unspecified atom stereocenters. The molecule has 16 heavy (non-hydrogen) atoms. The molecule has 0 aliphatic carbocycles. The van der Waals surface area contributed by atoms with Crippen molar-refractivity contribution in [2.45, 2.75) is 13.8 Å². The first-order valence-corrected chi connectivity index (χ1v) is 5.05. The summed E-state index contributed by atoms with van der Waals surface area (Å²) in [6.07, 6.45) is 0. The van der Waals surface area contributed by atoms with E-state index in [0.717, 1.165) is 5.69 Å². The smallest absolute Gasteiger partial charge is 0.252 e. The van der Waals surface area contributed by atoms with Crippen molar-refractivity contribution in [2.24, 2.45) is 0 Å². The topological polar surface area (TPSA) is 57.8 Å². The van der Waals surface area contributed by atoms with Crippen molar-refractivity contribution in [1.29, 1.82) is 0 Å². The molecule has 1 aromatic heterocycles. The van der Waals surface area contributed by atoms with Crippen molar-refractivity contribution in [1.82, 2.24) is 9.97 Å². The summed E-state index contributed by atoms with van der Waals surface area (Å²) >= 11 is 0. The van der Waals surface area contributed by atoms with Crippen LogP contribution in [0.3, 0.4) is 0 Å². The Morgan fingerprint density at radius 1 is 1.19 bits per heavy atom. The van der Waals surface area contributed by atoms with Crippen LogP contribution in [0.4, 0.5) is 11.6 Å². The second kappa shape index (κ2) is 4.18. The lowest BCUT2D eigenvalue weighted by atomic mass is 10.2. The van der Waals surface area contributed by atoms with Gasteiger partial charge in [0.1, 0.15) is 0 Å². The summed E-state index contributed by atoms with van der Waals surface area (Å²) in [5.74, 6) is 0.467. The molecule has 0 radical (unpaired) electrons. The lowest BCUT2D eigenvalue weighted by Gasteiger charge is -2.05. The van der Waals surface area contributed by atoms with Gasteiger partial charge < -0.3 is 5.32 Å². The second-order valence-electron chi connectivity index (χ2n) is 3.73. The first-order valence-electron chi connectivity index (χ1n) is 5.05. The normalized spacial score (nSPS) is 10.1. The van der Waals surface area contributed by atoms with Gasteiger partial charge in [-0.25, -0.2) is 4.98 Å². The van der Waals surface area contributed by atoms with Crippen LogP contribution in [0, 0.1) is 13.8 Å². The summed E-state index contributed by atoms with van der Waals surface area (Å²) in [5, 5.41) is 3.05. The number of H-pyrrole nitrogens is 1. The van der Waals surface area contributed by atoms with Gasteiger partial charge in [0, 0.05) is 17.4 Å². The highest BCUT2D eigenvalue weighted by Gasteiger charge is 1.98. The molecule has 0 saturated heterocycles. The maximum atomic E-state index is 11.2.